The predicted molar refractivity (Wildman–Crippen MR) is 78.0 cm³/mol. The van der Waals surface area contributed by atoms with Crippen LogP contribution in [-0.2, 0) is 11.2 Å². The van der Waals surface area contributed by atoms with Gasteiger partial charge in [0.15, 0.2) is 0 Å². The van der Waals surface area contributed by atoms with Gasteiger partial charge in [-0.05, 0) is 43.2 Å². The van der Waals surface area contributed by atoms with Crippen LogP contribution >= 0.6 is 0 Å². The lowest BCUT2D eigenvalue weighted by molar-refractivity contribution is -0.128. The fourth-order valence-corrected chi connectivity index (χ4v) is 2.70. The van der Waals surface area contributed by atoms with Crippen LogP contribution in [0, 0.1) is 5.92 Å². The molecule has 0 radical (unpaired) electrons. The van der Waals surface area contributed by atoms with Gasteiger partial charge in [0.05, 0.1) is 0 Å². The minimum absolute atomic E-state index is 0.0796. The number of azide groups is 1. The van der Waals surface area contributed by atoms with Gasteiger partial charge < -0.3 is 5.32 Å². The Bertz CT molecular complexity index is 482. The van der Waals surface area contributed by atoms with Crippen molar-refractivity contribution in [3.8, 4) is 0 Å². The van der Waals surface area contributed by atoms with Crippen molar-refractivity contribution < 1.29 is 4.79 Å². The lowest BCUT2D eigenvalue weighted by Gasteiger charge is -2.29. The van der Waals surface area contributed by atoms with Crippen LogP contribution in [0.25, 0.3) is 10.4 Å². The molecule has 1 aromatic rings. The minimum atomic E-state index is 0.0796. The highest BCUT2D eigenvalue weighted by Gasteiger charge is 2.27. The smallest absolute Gasteiger partial charge is 0.223 e. The van der Waals surface area contributed by atoms with Crippen molar-refractivity contribution in [1.29, 1.82) is 0 Å². The predicted octanol–water partition coefficient (Wildman–Crippen LogP) is 3.21. The number of piperidine rings is 1. The van der Waals surface area contributed by atoms with E-state index in [0.717, 1.165) is 32.1 Å². The fraction of sp³-hybridized carbons (Fsp3) is 0.533. The molecule has 0 aliphatic carbocycles. The van der Waals surface area contributed by atoms with Crippen molar-refractivity contribution in [2.45, 2.75) is 38.1 Å². The van der Waals surface area contributed by atoms with E-state index in [1.807, 2.05) is 18.2 Å². The third-order valence-electron chi connectivity index (χ3n) is 3.78. The zero-order valence-corrected chi connectivity index (χ0v) is 11.5. The van der Waals surface area contributed by atoms with Gasteiger partial charge in [-0.2, -0.15) is 0 Å². The molecule has 1 fully saturated rings. The molecule has 5 heteroatoms. The highest BCUT2D eigenvalue weighted by atomic mass is 16.2. The third-order valence-corrected chi connectivity index (χ3v) is 3.78. The van der Waals surface area contributed by atoms with Gasteiger partial charge in [-0.1, -0.05) is 35.4 Å². The van der Waals surface area contributed by atoms with Gasteiger partial charge in [-0.3, -0.25) is 4.79 Å². The number of hydrogen-bond donors (Lipinski definition) is 1. The second kappa shape index (κ2) is 7.56. The molecule has 1 aliphatic rings. The molecule has 2 rings (SSSR count). The monoisotopic (exact) mass is 272 g/mol. The standard InChI is InChI=1S/C15H20N4O/c16-19-17-10-4-7-13-8-9-14(18-15(13)20)11-12-5-2-1-3-6-12/h1-3,5-6,13-14H,4,7-11H2,(H,18,20)/t13-,14+/m1/s1. The number of hydrogen-bond acceptors (Lipinski definition) is 2. The minimum Gasteiger partial charge on any atom is -0.353 e. The Morgan fingerprint density at radius 1 is 1.30 bits per heavy atom. The van der Waals surface area contributed by atoms with Crippen LogP contribution in [-0.4, -0.2) is 18.5 Å². The first kappa shape index (κ1) is 14.4. The SMILES string of the molecule is [N-]=[N+]=NCCC[C@@H]1CC[C@@H](Cc2ccccc2)NC1=O. The molecular formula is C15H20N4O. The lowest BCUT2D eigenvalue weighted by atomic mass is 9.88. The number of nitrogens with zero attached hydrogens (tertiary/aromatic N) is 3. The number of carbonyl (C=O) groups excluding carboxylic acids is 1. The van der Waals surface area contributed by atoms with Gasteiger partial charge in [0.2, 0.25) is 5.91 Å². The summed E-state index contributed by atoms with van der Waals surface area (Å²) in [6.45, 7) is 0.480. The summed E-state index contributed by atoms with van der Waals surface area (Å²) in [6, 6.07) is 10.5. The van der Waals surface area contributed by atoms with E-state index in [1.54, 1.807) is 0 Å². The first-order chi connectivity index (χ1) is 9.79. The lowest BCUT2D eigenvalue weighted by Crippen LogP contribution is -2.45. The Morgan fingerprint density at radius 3 is 2.80 bits per heavy atom. The van der Waals surface area contributed by atoms with Gasteiger partial charge >= 0.3 is 0 Å². The summed E-state index contributed by atoms with van der Waals surface area (Å²) >= 11 is 0. The Kier molecular flexibility index (Phi) is 5.44. The van der Waals surface area contributed by atoms with Gasteiger partial charge in [-0.15, -0.1) is 0 Å². The fourth-order valence-electron chi connectivity index (χ4n) is 2.70. The van der Waals surface area contributed by atoms with Crippen molar-refractivity contribution in [2.24, 2.45) is 11.0 Å². The van der Waals surface area contributed by atoms with E-state index in [-0.39, 0.29) is 17.9 Å². The molecule has 5 nitrogen and oxygen atoms in total. The second-order valence-corrected chi connectivity index (χ2v) is 5.27. The number of benzene rings is 1. The first-order valence-electron chi connectivity index (χ1n) is 7.14. The van der Waals surface area contributed by atoms with Gasteiger partial charge in [0.25, 0.3) is 0 Å². The average molecular weight is 272 g/mol. The number of nitrogens with one attached hydrogen (secondary N) is 1. The highest BCUT2D eigenvalue weighted by molar-refractivity contribution is 5.79. The van der Waals surface area contributed by atoms with E-state index in [9.17, 15) is 4.79 Å². The second-order valence-electron chi connectivity index (χ2n) is 5.27. The van der Waals surface area contributed by atoms with Crippen molar-refractivity contribution in [1.82, 2.24) is 5.32 Å². The van der Waals surface area contributed by atoms with Crippen LogP contribution in [0.4, 0.5) is 0 Å². The topological polar surface area (TPSA) is 77.9 Å². The van der Waals surface area contributed by atoms with Crippen LogP contribution in [0.3, 0.4) is 0 Å². The van der Waals surface area contributed by atoms with Gasteiger partial charge in [0, 0.05) is 23.4 Å². The Labute approximate surface area is 119 Å². The molecule has 1 amide bonds. The summed E-state index contributed by atoms with van der Waals surface area (Å²) in [6.07, 6.45) is 4.44. The highest BCUT2D eigenvalue weighted by Crippen LogP contribution is 2.22. The van der Waals surface area contributed by atoms with E-state index in [1.165, 1.54) is 5.56 Å². The molecule has 0 saturated carbocycles. The average Bonchev–Trinajstić information content (AvgIpc) is 2.46. The largest absolute Gasteiger partial charge is 0.353 e. The van der Waals surface area contributed by atoms with Crippen molar-refractivity contribution in [2.75, 3.05) is 6.54 Å². The molecule has 106 valence electrons. The number of amides is 1. The maximum absolute atomic E-state index is 12.0. The van der Waals surface area contributed by atoms with E-state index in [0.29, 0.717) is 6.54 Å². The van der Waals surface area contributed by atoms with E-state index >= 15 is 0 Å². The first-order valence-corrected chi connectivity index (χ1v) is 7.14. The number of rotatable bonds is 6. The molecule has 0 aromatic heterocycles. The maximum Gasteiger partial charge on any atom is 0.223 e. The van der Waals surface area contributed by atoms with E-state index in [2.05, 4.69) is 27.5 Å². The van der Waals surface area contributed by atoms with Gasteiger partial charge in [-0.25, -0.2) is 0 Å². The molecule has 20 heavy (non-hydrogen) atoms. The Morgan fingerprint density at radius 2 is 2.10 bits per heavy atom. The van der Waals surface area contributed by atoms with Crippen molar-refractivity contribution in [3.63, 3.8) is 0 Å². The normalized spacial score (nSPS) is 21.9. The van der Waals surface area contributed by atoms with E-state index < -0.39 is 0 Å². The van der Waals surface area contributed by atoms with E-state index in [4.69, 9.17) is 5.53 Å². The van der Waals surface area contributed by atoms with Crippen LogP contribution < -0.4 is 5.32 Å². The summed E-state index contributed by atoms with van der Waals surface area (Å²) in [5.74, 6) is 0.231. The molecule has 1 heterocycles. The third kappa shape index (κ3) is 4.28. The molecule has 2 atom stereocenters. The summed E-state index contributed by atoms with van der Waals surface area (Å²) in [7, 11) is 0. The zero-order chi connectivity index (χ0) is 14.2. The molecule has 1 aliphatic heterocycles. The summed E-state index contributed by atoms with van der Waals surface area (Å²) < 4.78 is 0. The van der Waals surface area contributed by atoms with Gasteiger partial charge in [0.1, 0.15) is 0 Å². The van der Waals surface area contributed by atoms with Crippen LogP contribution in [0.1, 0.15) is 31.2 Å². The quantitative estimate of drug-likeness (QED) is 0.367. The Balaban J connectivity index is 1.77. The zero-order valence-electron chi connectivity index (χ0n) is 11.5. The summed E-state index contributed by atoms with van der Waals surface area (Å²) in [5, 5.41) is 6.61. The Hall–Kier alpha value is -2.00. The molecule has 1 aromatic carbocycles. The molecular weight excluding hydrogens is 252 g/mol. The molecule has 0 unspecified atom stereocenters. The summed E-state index contributed by atoms with van der Waals surface area (Å²) in [5.41, 5.74) is 9.47. The van der Waals surface area contributed by atoms with Crippen LogP contribution in [0.2, 0.25) is 0 Å². The molecule has 0 bridgehead atoms. The molecule has 0 spiro atoms. The maximum atomic E-state index is 12.0. The molecule has 1 saturated heterocycles. The van der Waals surface area contributed by atoms with Crippen molar-refractivity contribution in [3.05, 3.63) is 46.3 Å². The summed E-state index contributed by atoms with van der Waals surface area (Å²) in [4.78, 5) is 14.8. The number of carbonyl (C=O) groups is 1. The van der Waals surface area contributed by atoms with Crippen molar-refractivity contribution >= 4 is 5.91 Å². The molecule has 1 N–H and O–H groups in total. The van der Waals surface area contributed by atoms with Crippen LogP contribution in [0.15, 0.2) is 35.4 Å². The van der Waals surface area contributed by atoms with Crippen LogP contribution in [0.5, 0.6) is 0 Å².